The number of nitrogens with zero attached hydrogens (tertiary/aromatic N) is 4. The molecule has 2 amide bonds. The van der Waals surface area contributed by atoms with Crippen LogP contribution < -0.4 is 9.47 Å². The van der Waals surface area contributed by atoms with Gasteiger partial charge in [0.2, 0.25) is 12.0 Å². The third-order valence-electron chi connectivity index (χ3n) is 5.01. The number of amides is 2. The highest BCUT2D eigenvalue weighted by Crippen LogP contribution is 2.31. The Bertz CT molecular complexity index is 926. The minimum Gasteiger partial charge on any atom is -0.485 e. The zero-order valence-electron chi connectivity index (χ0n) is 17.0. The fraction of sp³-hybridized carbons (Fsp3) is 0.429. The van der Waals surface area contributed by atoms with E-state index in [9.17, 15) is 9.59 Å². The SMILES string of the molecule is Cc1cc(C)nc(SCC(=O)N2CCN(C(=O)[C@@H]3COc4ccccc4O3)CC2)n1. The van der Waals surface area contributed by atoms with E-state index >= 15 is 0 Å². The van der Waals surface area contributed by atoms with Crippen LogP contribution in [0.2, 0.25) is 0 Å². The maximum Gasteiger partial charge on any atom is 0.267 e. The predicted octanol–water partition coefficient (Wildman–Crippen LogP) is 1.70. The Morgan fingerprint density at radius 2 is 1.67 bits per heavy atom. The summed E-state index contributed by atoms with van der Waals surface area (Å²) in [5.41, 5.74) is 1.78. The van der Waals surface area contributed by atoms with E-state index < -0.39 is 6.10 Å². The molecule has 2 aromatic rings. The van der Waals surface area contributed by atoms with E-state index in [1.165, 1.54) is 11.8 Å². The van der Waals surface area contributed by atoms with Gasteiger partial charge in [-0.05, 0) is 32.0 Å². The van der Waals surface area contributed by atoms with E-state index in [1.54, 1.807) is 15.9 Å². The van der Waals surface area contributed by atoms with Gasteiger partial charge < -0.3 is 19.3 Å². The molecule has 0 N–H and O–H groups in total. The molecular formula is C21H24N4O4S. The number of thioether (sulfide) groups is 1. The van der Waals surface area contributed by atoms with Crippen LogP contribution in [0.4, 0.5) is 0 Å². The molecule has 2 aliphatic rings. The topological polar surface area (TPSA) is 84.9 Å². The smallest absolute Gasteiger partial charge is 0.267 e. The largest absolute Gasteiger partial charge is 0.485 e. The predicted molar refractivity (Wildman–Crippen MR) is 112 cm³/mol. The zero-order valence-corrected chi connectivity index (χ0v) is 17.9. The third kappa shape index (κ3) is 4.67. The Kier molecular flexibility index (Phi) is 6.08. The van der Waals surface area contributed by atoms with Crippen LogP contribution in [0.1, 0.15) is 11.4 Å². The van der Waals surface area contributed by atoms with Gasteiger partial charge in [-0.25, -0.2) is 9.97 Å². The zero-order chi connectivity index (χ0) is 21.1. The number of carbonyl (C=O) groups excluding carboxylic acids is 2. The fourth-order valence-corrected chi connectivity index (χ4v) is 4.35. The van der Waals surface area contributed by atoms with Gasteiger partial charge in [-0.3, -0.25) is 9.59 Å². The Balaban J connectivity index is 1.26. The van der Waals surface area contributed by atoms with E-state index in [4.69, 9.17) is 9.47 Å². The molecule has 0 spiro atoms. The Morgan fingerprint density at radius 3 is 2.37 bits per heavy atom. The van der Waals surface area contributed by atoms with Crippen molar-refractivity contribution >= 4 is 23.6 Å². The molecule has 0 unspecified atom stereocenters. The lowest BCUT2D eigenvalue weighted by Crippen LogP contribution is -2.55. The molecule has 0 bridgehead atoms. The second-order valence-corrected chi connectivity index (χ2v) is 8.23. The summed E-state index contributed by atoms with van der Waals surface area (Å²) in [6.45, 7) is 5.99. The summed E-state index contributed by atoms with van der Waals surface area (Å²) in [5, 5.41) is 0.615. The first-order chi connectivity index (χ1) is 14.5. The van der Waals surface area contributed by atoms with E-state index in [1.807, 2.05) is 38.1 Å². The van der Waals surface area contributed by atoms with Gasteiger partial charge in [0.25, 0.3) is 5.91 Å². The quantitative estimate of drug-likeness (QED) is 0.541. The molecule has 158 valence electrons. The van der Waals surface area contributed by atoms with E-state index in [0.29, 0.717) is 42.8 Å². The van der Waals surface area contributed by atoms with Crippen molar-refractivity contribution < 1.29 is 19.1 Å². The van der Waals surface area contributed by atoms with Gasteiger partial charge in [-0.15, -0.1) is 0 Å². The lowest BCUT2D eigenvalue weighted by Gasteiger charge is -2.37. The standard InChI is InChI=1S/C21H24N4O4S/c1-14-11-15(2)23-21(22-14)30-13-19(26)24-7-9-25(10-8-24)20(27)18-12-28-16-5-3-4-6-17(16)29-18/h3-6,11,18H,7-10,12-13H2,1-2H3/t18-/m0/s1. The number of aromatic nitrogens is 2. The van der Waals surface area contributed by atoms with Crippen LogP contribution >= 0.6 is 11.8 Å². The molecule has 2 aliphatic heterocycles. The molecule has 0 radical (unpaired) electrons. The van der Waals surface area contributed by atoms with Gasteiger partial charge in [0.05, 0.1) is 5.75 Å². The molecule has 8 nitrogen and oxygen atoms in total. The molecule has 0 aliphatic carbocycles. The van der Waals surface area contributed by atoms with Crippen molar-refractivity contribution in [3.8, 4) is 11.5 Å². The maximum absolute atomic E-state index is 12.8. The first-order valence-electron chi connectivity index (χ1n) is 9.90. The number of aryl methyl sites for hydroxylation is 2. The highest BCUT2D eigenvalue weighted by Gasteiger charge is 2.33. The second-order valence-electron chi connectivity index (χ2n) is 7.29. The van der Waals surface area contributed by atoms with Gasteiger partial charge in [0, 0.05) is 37.6 Å². The fourth-order valence-electron chi connectivity index (χ4n) is 3.50. The van der Waals surface area contributed by atoms with Crippen LogP contribution in [0.3, 0.4) is 0 Å². The molecule has 4 rings (SSSR count). The molecule has 1 saturated heterocycles. The summed E-state index contributed by atoms with van der Waals surface area (Å²) < 4.78 is 11.5. The average Bonchev–Trinajstić information content (AvgIpc) is 2.76. The molecular weight excluding hydrogens is 404 g/mol. The molecule has 3 heterocycles. The van der Waals surface area contributed by atoms with Crippen molar-refractivity contribution in [1.29, 1.82) is 0 Å². The maximum atomic E-state index is 12.8. The van der Waals surface area contributed by atoms with E-state index in [2.05, 4.69) is 9.97 Å². The van der Waals surface area contributed by atoms with Gasteiger partial charge >= 0.3 is 0 Å². The molecule has 1 aromatic carbocycles. The number of hydrogen-bond acceptors (Lipinski definition) is 7. The summed E-state index contributed by atoms with van der Waals surface area (Å²) in [5.74, 6) is 1.45. The summed E-state index contributed by atoms with van der Waals surface area (Å²) >= 11 is 1.34. The first-order valence-corrected chi connectivity index (χ1v) is 10.9. The van der Waals surface area contributed by atoms with Crippen molar-refractivity contribution in [3.63, 3.8) is 0 Å². The number of piperazine rings is 1. The second kappa shape index (κ2) is 8.91. The van der Waals surface area contributed by atoms with Crippen molar-refractivity contribution in [1.82, 2.24) is 19.8 Å². The number of para-hydroxylation sites is 2. The molecule has 1 atom stereocenters. The van der Waals surface area contributed by atoms with Crippen molar-refractivity contribution in [2.45, 2.75) is 25.1 Å². The molecule has 30 heavy (non-hydrogen) atoms. The van der Waals surface area contributed by atoms with Crippen LogP contribution in [0.5, 0.6) is 11.5 Å². The Hall–Kier alpha value is -2.81. The highest BCUT2D eigenvalue weighted by atomic mass is 32.2. The number of benzene rings is 1. The highest BCUT2D eigenvalue weighted by molar-refractivity contribution is 7.99. The normalized spacial score (nSPS) is 18.3. The van der Waals surface area contributed by atoms with Gasteiger partial charge in [0.1, 0.15) is 6.61 Å². The Morgan fingerprint density at radius 1 is 1.03 bits per heavy atom. The van der Waals surface area contributed by atoms with Gasteiger partial charge in [-0.2, -0.15) is 0 Å². The van der Waals surface area contributed by atoms with Crippen molar-refractivity contribution in [2.75, 3.05) is 38.5 Å². The molecule has 9 heteroatoms. The number of hydrogen-bond donors (Lipinski definition) is 0. The number of ether oxygens (including phenoxy) is 2. The van der Waals surface area contributed by atoms with Gasteiger partial charge in [0.15, 0.2) is 16.7 Å². The average molecular weight is 429 g/mol. The van der Waals surface area contributed by atoms with E-state index in [-0.39, 0.29) is 24.2 Å². The third-order valence-corrected chi connectivity index (χ3v) is 5.85. The lowest BCUT2D eigenvalue weighted by molar-refractivity contribution is -0.145. The van der Waals surface area contributed by atoms with Crippen LogP contribution in [0, 0.1) is 13.8 Å². The minimum atomic E-state index is -0.653. The lowest BCUT2D eigenvalue weighted by atomic mass is 10.2. The van der Waals surface area contributed by atoms with Gasteiger partial charge in [-0.1, -0.05) is 23.9 Å². The summed E-state index contributed by atoms with van der Waals surface area (Å²) in [6, 6.07) is 9.23. The van der Waals surface area contributed by atoms with Crippen LogP contribution in [0.15, 0.2) is 35.5 Å². The summed E-state index contributed by atoms with van der Waals surface area (Å²) in [7, 11) is 0. The van der Waals surface area contributed by atoms with Crippen LogP contribution in [-0.4, -0.2) is 76.2 Å². The number of fused-ring (bicyclic) bond motifs is 1. The van der Waals surface area contributed by atoms with Crippen LogP contribution in [0.25, 0.3) is 0 Å². The minimum absolute atomic E-state index is 0.0287. The van der Waals surface area contributed by atoms with E-state index in [0.717, 1.165) is 11.4 Å². The first kappa shape index (κ1) is 20.5. The van der Waals surface area contributed by atoms with Crippen molar-refractivity contribution in [2.24, 2.45) is 0 Å². The molecule has 0 saturated carbocycles. The summed E-state index contributed by atoms with van der Waals surface area (Å²) in [6.07, 6.45) is -0.653. The molecule has 1 aromatic heterocycles. The molecule has 1 fully saturated rings. The number of rotatable bonds is 4. The van der Waals surface area contributed by atoms with Crippen molar-refractivity contribution in [3.05, 3.63) is 41.7 Å². The monoisotopic (exact) mass is 428 g/mol. The number of carbonyl (C=O) groups is 2. The summed E-state index contributed by atoms with van der Waals surface area (Å²) in [4.78, 5) is 37.6. The van der Waals surface area contributed by atoms with Crippen LogP contribution in [-0.2, 0) is 9.59 Å². The Labute approximate surface area is 179 Å².